The lowest BCUT2D eigenvalue weighted by Gasteiger charge is -2.17. The first-order chi connectivity index (χ1) is 8.08. The van der Waals surface area contributed by atoms with Crippen LogP contribution >= 0.6 is 22.9 Å². The molecule has 0 saturated heterocycles. The zero-order valence-corrected chi connectivity index (χ0v) is 11.4. The molecule has 2 aromatic rings. The van der Waals surface area contributed by atoms with Crippen molar-refractivity contribution in [2.24, 2.45) is 0 Å². The number of amides is 1. The first kappa shape index (κ1) is 12.4. The van der Waals surface area contributed by atoms with Crippen molar-refractivity contribution in [3.05, 3.63) is 35.2 Å². The fourth-order valence-electron chi connectivity index (χ4n) is 1.74. The summed E-state index contributed by atoms with van der Waals surface area (Å²) < 4.78 is 1.14. The van der Waals surface area contributed by atoms with Crippen LogP contribution in [0.15, 0.2) is 30.3 Å². The van der Waals surface area contributed by atoms with Gasteiger partial charge in [-0.25, -0.2) is 0 Å². The molecule has 1 amide bonds. The molecule has 0 N–H and O–H groups in total. The van der Waals surface area contributed by atoms with Crippen LogP contribution in [0.2, 0.25) is 0 Å². The predicted octanol–water partition coefficient (Wildman–Crippen LogP) is 3.60. The van der Waals surface area contributed by atoms with Crippen molar-refractivity contribution in [3.63, 3.8) is 0 Å². The number of alkyl halides is 1. The van der Waals surface area contributed by atoms with Crippen molar-refractivity contribution in [1.29, 1.82) is 0 Å². The second-order valence-corrected chi connectivity index (χ2v) is 5.94. The summed E-state index contributed by atoms with van der Waals surface area (Å²) in [6.07, 6.45) is 0. The van der Waals surface area contributed by atoms with E-state index in [1.165, 1.54) is 11.3 Å². The first-order valence-corrected chi connectivity index (χ1v) is 6.71. The number of rotatable bonds is 3. The fraction of sp³-hybridized carbons (Fsp3) is 0.308. The number of hydrogen-bond donors (Lipinski definition) is 0. The summed E-state index contributed by atoms with van der Waals surface area (Å²) in [6, 6.07) is 9.96. The quantitative estimate of drug-likeness (QED) is 0.778. The third kappa shape index (κ3) is 2.79. The molecule has 0 bridgehead atoms. The molecule has 0 radical (unpaired) electrons. The average Bonchev–Trinajstić information content (AvgIpc) is 2.70. The number of nitrogens with zero attached hydrogens (tertiary/aromatic N) is 1. The number of fused-ring (bicyclic) bond motifs is 1. The number of carbonyl (C=O) groups is 1. The Morgan fingerprint density at radius 1 is 1.47 bits per heavy atom. The second-order valence-electron chi connectivity index (χ2n) is 4.11. The molecule has 0 fully saturated rings. The lowest BCUT2D eigenvalue weighted by atomic mass is 10.2. The van der Waals surface area contributed by atoms with Gasteiger partial charge >= 0.3 is 0 Å². The minimum Gasteiger partial charge on any atom is -0.340 e. The van der Waals surface area contributed by atoms with Crippen LogP contribution in [0, 0.1) is 0 Å². The van der Waals surface area contributed by atoms with Gasteiger partial charge in [-0.05, 0) is 24.4 Å². The lowest BCUT2D eigenvalue weighted by Crippen LogP contribution is -2.30. The number of halogens is 1. The van der Waals surface area contributed by atoms with Crippen LogP contribution in [-0.2, 0) is 0 Å². The van der Waals surface area contributed by atoms with Gasteiger partial charge < -0.3 is 4.90 Å². The smallest absolute Gasteiger partial charge is 0.263 e. The Morgan fingerprint density at radius 3 is 2.82 bits per heavy atom. The highest BCUT2D eigenvalue weighted by Crippen LogP contribution is 2.26. The highest BCUT2D eigenvalue weighted by Gasteiger charge is 2.15. The van der Waals surface area contributed by atoms with Gasteiger partial charge in [0, 0.05) is 23.7 Å². The Labute approximate surface area is 110 Å². The largest absolute Gasteiger partial charge is 0.340 e. The molecule has 1 aromatic heterocycles. The van der Waals surface area contributed by atoms with E-state index in [0.29, 0.717) is 6.54 Å². The van der Waals surface area contributed by atoms with Crippen LogP contribution in [-0.4, -0.2) is 29.8 Å². The van der Waals surface area contributed by atoms with Gasteiger partial charge in [-0.2, -0.15) is 0 Å². The van der Waals surface area contributed by atoms with E-state index in [-0.39, 0.29) is 11.3 Å². The maximum absolute atomic E-state index is 12.1. The molecule has 0 aliphatic heterocycles. The van der Waals surface area contributed by atoms with Crippen molar-refractivity contribution < 1.29 is 4.79 Å². The van der Waals surface area contributed by atoms with E-state index >= 15 is 0 Å². The Hall–Kier alpha value is -1.06. The number of thiophene rings is 1. The van der Waals surface area contributed by atoms with E-state index in [4.69, 9.17) is 11.6 Å². The van der Waals surface area contributed by atoms with E-state index in [0.717, 1.165) is 15.0 Å². The van der Waals surface area contributed by atoms with Gasteiger partial charge in [-0.3, -0.25) is 4.79 Å². The number of carbonyl (C=O) groups excluding carboxylic acids is 1. The third-order valence-electron chi connectivity index (χ3n) is 2.51. The van der Waals surface area contributed by atoms with E-state index in [1.807, 2.05) is 37.3 Å². The van der Waals surface area contributed by atoms with Gasteiger partial charge in [0.1, 0.15) is 0 Å². The van der Waals surface area contributed by atoms with Crippen molar-refractivity contribution >= 4 is 38.9 Å². The molecule has 17 heavy (non-hydrogen) atoms. The van der Waals surface area contributed by atoms with E-state index in [9.17, 15) is 4.79 Å². The molecule has 2 nitrogen and oxygen atoms in total. The highest BCUT2D eigenvalue weighted by molar-refractivity contribution is 7.20. The summed E-state index contributed by atoms with van der Waals surface area (Å²) in [7, 11) is 1.78. The molecule has 2 rings (SSSR count). The summed E-state index contributed by atoms with van der Waals surface area (Å²) in [5.41, 5.74) is 0. The minimum atomic E-state index is -0.0293. The van der Waals surface area contributed by atoms with Crippen LogP contribution in [0.1, 0.15) is 16.6 Å². The molecule has 1 heterocycles. The van der Waals surface area contributed by atoms with Crippen LogP contribution < -0.4 is 0 Å². The van der Waals surface area contributed by atoms with Crippen molar-refractivity contribution in [2.75, 3.05) is 13.6 Å². The van der Waals surface area contributed by atoms with Crippen molar-refractivity contribution in [1.82, 2.24) is 4.90 Å². The molecule has 1 aromatic carbocycles. The molecular weight excluding hydrogens is 254 g/mol. The van der Waals surface area contributed by atoms with Gasteiger partial charge in [0.25, 0.3) is 5.91 Å². The average molecular weight is 268 g/mol. The van der Waals surface area contributed by atoms with Crippen LogP contribution in [0.3, 0.4) is 0 Å². The van der Waals surface area contributed by atoms with E-state index < -0.39 is 0 Å². The summed E-state index contributed by atoms with van der Waals surface area (Å²) in [6.45, 7) is 2.45. The zero-order chi connectivity index (χ0) is 12.4. The molecule has 90 valence electrons. The predicted molar refractivity (Wildman–Crippen MR) is 74.1 cm³/mol. The van der Waals surface area contributed by atoms with Gasteiger partial charge in [-0.15, -0.1) is 22.9 Å². The molecule has 0 aliphatic rings. The number of benzene rings is 1. The Balaban J connectivity index is 2.24. The SMILES string of the molecule is CC(Cl)CN(C)C(=O)c1cc2ccccc2s1. The topological polar surface area (TPSA) is 20.3 Å². The Morgan fingerprint density at radius 2 is 2.18 bits per heavy atom. The van der Waals surface area contributed by atoms with Gasteiger partial charge in [0.05, 0.1) is 4.88 Å². The van der Waals surface area contributed by atoms with Crippen LogP contribution in [0.25, 0.3) is 10.1 Å². The van der Waals surface area contributed by atoms with Gasteiger partial charge in [0.2, 0.25) is 0 Å². The monoisotopic (exact) mass is 267 g/mol. The molecule has 0 spiro atoms. The number of hydrogen-bond acceptors (Lipinski definition) is 2. The van der Waals surface area contributed by atoms with Crippen molar-refractivity contribution in [3.8, 4) is 0 Å². The molecule has 0 saturated carbocycles. The van der Waals surface area contributed by atoms with Crippen LogP contribution in [0.5, 0.6) is 0 Å². The highest BCUT2D eigenvalue weighted by atomic mass is 35.5. The van der Waals surface area contributed by atoms with Gasteiger partial charge in [-0.1, -0.05) is 18.2 Å². The summed E-state index contributed by atoms with van der Waals surface area (Å²) in [5, 5.41) is 1.09. The Kier molecular flexibility index (Phi) is 3.69. The summed E-state index contributed by atoms with van der Waals surface area (Å²) >= 11 is 7.42. The Bertz CT molecular complexity index is 502. The fourth-order valence-corrected chi connectivity index (χ4v) is 3.00. The first-order valence-electron chi connectivity index (χ1n) is 5.46. The minimum absolute atomic E-state index is 0.0293. The van der Waals surface area contributed by atoms with Crippen LogP contribution in [0.4, 0.5) is 0 Å². The standard InChI is InChI=1S/C13H14ClNOS/c1-9(14)8-15(2)13(16)12-7-10-5-3-4-6-11(10)17-12/h3-7,9H,8H2,1-2H3. The molecular formula is C13H14ClNOS. The van der Waals surface area contributed by atoms with E-state index in [2.05, 4.69) is 0 Å². The van der Waals surface area contributed by atoms with E-state index in [1.54, 1.807) is 11.9 Å². The maximum Gasteiger partial charge on any atom is 0.263 e. The molecule has 1 atom stereocenters. The molecule has 4 heteroatoms. The van der Waals surface area contributed by atoms with Gasteiger partial charge in [0.15, 0.2) is 0 Å². The summed E-state index contributed by atoms with van der Waals surface area (Å²) in [5.74, 6) is 0.0405. The summed E-state index contributed by atoms with van der Waals surface area (Å²) in [4.78, 5) is 14.6. The normalized spacial score (nSPS) is 12.6. The zero-order valence-electron chi connectivity index (χ0n) is 9.81. The maximum atomic E-state index is 12.1. The third-order valence-corrected chi connectivity index (χ3v) is 3.75. The second kappa shape index (κ2) is 5.07. The lowest BCUT2D eigenvalue weighted by molar-refractivity contribution is 0.0801. The molecule has 1 unspecified atom stereocenters. The van der Waals surface area contributed by atoms with Crippen molar-refractivity contribution in [2.45, 2.75) is 12.3 Å². The molecule has 0 aliphatic carbocycles.